The number of nitrogen functional groups attached to an aromatic ring is 1. The van der Waals surface area contributed by atoms with Crippen LogP contribution in [0.2, 0.25) is 0 Å². The van der Waals surface area contributed by atoms with Crippen LogP contribution in [0.4, 0.5) is 5.69 Å². The number of hydrogen-bond donors (Lipinski definition) is 1. The van der Waals surface area contributed by atoms with Gasteiger partial charge in [0.15, 0.2) is 0 Å². The number of methoxy groups -OCH3 is 1. The molecule has 0 saturated carbocycles. The number of imidazole rings is 1. The molecule has 2 aromatic rings. The zero-order valence-electron chi connectivity index (χ0n) is 13.0. The number of benzene rings is 1. The van der Waals surface area contributed by atoms with Crippen molar-refractivity contribution in [3.8, 4) is 0 Å². The maximum atomic E-state index is 13.3. The molecule has 0 radical (unpaired) electrons. The number of ether oxygens (including phenoxy) is 1. The molecule has 6 nitrogen and oxygen atoms in total. The molecule has 1 aliphatic carbocycles. The molecule has 23 heavy (non-hydrogen) atoms. The van der Waals surface area contributed by atoms with Gasteiger partial charge in [-0.2, -0.15) is 0 Å². The second-order valence-corrected chi connectivity index (χ2v) is 8.01. The molecular formula is C16H19N3O3S. The zero-order valence-corrected chi connectivity index (χ0v) is 13.8. The Labute approximate surface area is 135 Å². The minimum Gasteiger partial charge on any atom is -0.399 e. The normalized spacial score (nSPS) is 24.3. The van der Waals surface area contributed by atoms with Crippen LogP contribution < -0.4 is 5.73 Å². The van der Waals surface area contributed by atoms with Crippen molar-refractivity contribution in [1.29, 1.82) is 0 Å². The van der Waals surface area contributed by atoms with Crippen molar-refractivity contribution in [2.24, 2.45) is 5.92 Å². The monoisotopic (exact) mass is 333 g/mol. The van der Waals surface area contributed by atoms with Crippen LogP contribution in [0.1, 0.15) is 6.92 Å². The van der Waals surface area contributed by atoms with Crippen LogP contribution in [0.15, 0.2) is 48.8 Å². The van der Waals surface area contributed by atoms with E-state index < -0.39 is 14.8 Å². The summed E-state index contributed by atoms with van der Waals surface area (Å²) in [5, 5.41) is 0. The summed E-state index contributed by atoms with van der Waals surface area (Å²) in [5.41, 5.74) is 7.35. The fraction of sp³-hybridized carbons (Fsp3) is 0.312. The number of nitrogens with zero attached hydrogens (tertiary/aromatic N) is 2. The number of fused-ring (bicyclic) bond motifs is 1. The molecule has 0 bridgehead atoms. The van der Waals surface area contributed by atoms with Gasteiger partial charge in [0.1, 0.15) is 11.1 Å². The first kappa shape index (κ1) is 15.8. The van der Waals surface area contributed by atoms with Gasteiger partial charge in [0.05, 0.1) is 17.6 Å². The molecule has 1 aliphatic rings. The Morgan fingerprint density at radius 2 is 2.17 bits per heavy atom. The van der Waals surface area contributed by atoms with Crippen LogP contribution >= 0.6 is 0 Å². The minimum absolute atomic E-state index is 0.284. The van der Waals surface area contributed by atoms with Gasteiger partial charge in [-0.25, -0.2) is 17.4 Å². The van der Waals surface area contributed by atoms with Crippen molar-refractivity contribution >= 4 is 26.7 Å². The lowest BCUT2D eigenvalue weighted by Gasteiger charge is -2.34. The van der Waals surface area contributed by atoms with E-state index in [1.54, 1.807) is 44.4 Å². The number of allylic oxidation sites excluding steroid dienone is 2. The first-order chi connectivity index (χ1) is 10.9. The second kappa shape index (κ2) is 5.50. The van der Waals surface area contributed by atoms with Crippen LogP contribution in [0.3, 0.4) is 0 Å². The van der Waals surface area contributed by atoms with E-state index >= 15 is 0 Å². The van der Waals surface area contributed by atoms with Crippen molar-refractivity contribution in [2.75, 3.05) is 19.5 Å². The lowest BCUT2D eigenvalue weighted by atomic mass is 9.90. The number of nitrogens with two attached hydrogens (primary N) is 1. The van der Waals surface area contributed by atoms with Gasteiger partial charge in [-0.3, -0.25) is 0 Å². The summed E-state index contributed by atoms with van der Waals surface area (Å²) < 4.78 is 31.9. The third-order valence-corrected chi connectivity index (χ3v) is 6.68. The number of hydrogen-bond acceptors (Lipinski definition) is 5. The van der Waals surface area contributed by atoms with Crippen molar-refractivity contribution in [3.05, 3.63) is 48.8 Å². The maximum absolute atomic E-state index is 13.3. The molecule has 1 heterocycles. The van der Waals surface area contributed by atoms with Gasteiger partial charge in [-0.1, -0.05) is 24.3 Å². The van der Waals surface area contributed by atoms with Gasteiger partial charge in [-0.15, -0.1) is 0 Å². The van der Waals surface area contributed by atoms with E-state index in [-0.39, 0.29) is 5.92 Å². The predicted molar refractivity (Wildman–Crippen MR) is 90.5 cm³/mol. The van der Waals surface area contributed by atoms with Gasteiger partial charge in [0.2, 0.25) is 10.0 Å². The highest BCUT2D eigenvalue weighted by atomic mass is 32.2. The Morgan fingerprint density at radius 1 is 1.39 bits per heavy atom. The zero-order chi connectivity index (χ0) is 16.7. The fourth-order valence-electron chi connectivity index (χ4n) is 2.85. The molecule has 0 saturated heterocycles. The molecule has 122 valence electrons. The van der Waals surface area contributed by atoms with E-state index in [0.717, 1.165) is 0 Å². The smallest absolute Gasteiger partial charge is 0.250 e. The average Bonchev–Trinajstić information content (AvgIpc) is 2.93. The van der Waals surface area contributed by atoms with E-state index in [9.17, 15) is 8.42 Å². The molecule has 0 aliphatic heterocycles. The number of rotatable bonds is 4. The van der Waals surface area contributed by atoms with Gasteiger partial charge in [0, 0.05) is 18.7 Å². The highest BCUT2D eigenvalue weighted by Gasteiger charge is 2.45. The van der Waals surface area contributed by atoms with Crippen molar-refractivity contribution in [3.63, 3.8) is 0 Å². The van der Waals surface area contributed by atoms with E-state index in [1.807, 2.05) is 12.2 Å². The molecule has 0 amide bonds. The van der Waals surface area contributed by atoms with Gasteiger partial charge in [0.25, 0.3) is 0 Å². The summed E-state index contributed by atoms with van der Waals surface area (Å²) >= 11 is 0. The molecule has 0 spiro atoms. The van der Waals surface area contributed by atoms with Crippen molar-refractivity contribution < 1.29 is 13.2 Å². The Kier molecular flexibility index (Phi) is 3.77. The standard InChI is InChI=1S/C16H19N3O3S/c1-16(8-4-3-5-12(16)10-22-2)23(20,21)19-11-18-14-9-13(17)6-7-15(14)19/h3-9,11-12H,10,17H2,1-2H3. The highest BCUT2D eigenvalue weighted by molar-refractivity contribution is 7.91. The Balaban J connectivity index is 2.16. The third-order valence-electron chi connectivity index (χ3n) is 4.32. The second-order valence-electron chi connectivity index (χ2n) is 5.78. The molecule has 2 unspecified atom stereocenters. The Bertz CT molecular complexity index is 898. The topological polar surface area (TPSA) is 87.2 Å². The molecule has 2 atom stereocenters. The molecule has 2 N–H and O–H groups in total. The van der Waals surface area contributed by atoms with Crippen LogP contribution in [0, 0.1) is 5.92 Å². The summed E-state index contributed by atoms with van der Waals surface area (Å²) in [6, 6.07) is 5.00. The summed E-state index contributed by atoms with van der Waals surface area (Å²) in [6.45, 7) is 2.02. The van der Waals surface area contributed by atoms with E-state index in [2.05, 4.69) is 4.98 Å². The summed E-state index contributed by atoms with van der Waals surface area (Å²) in [6.07, 6.45) is 8.49. The fourth-order valence-corrected chi connectivity index (χ4v) is 4.64. The lowest BCUT2D eigenvalue weighted by molar-refractivity contribution is 0.159. The molecule has 1 aromatic heterocycles. The third kappa shape index (κ3) is 2.36. The first-order valence-corrected chi connectivity index (χ1v) is 8.67. The molecule has 3 rings (SSSR count). The minimum atomic E-state index is -3.73. The first-order valence-electron chi connectivity index (χ1n) is 7.23. The number of aromatic nitrogens is 2. The molecule has 7 heteroatoms. The quantitative estimate of drug-likeness (QED) is 0.864. The summed E-state index contributed by atoms with van der Waals surface area (Å²) in [4.78, 5) is 4.17. The summed E-state index contributed by atoms with van der Waals surface area (Å²) in [5.74, 6) is -0.284. The van der Waals surface area contributed by atoms with Gasteiger partial charge < -0.3 is 10.5 Å². The van der Waals surface area contributed by atoms with E-state index in [0.29, 0.717) is 23.3 Å². The summed E-state index contributed by atoms with van der Waals surface area (Å²) in [7, 11) is -2.17. The van der Waals surface area contributed by atoms with Crippen LogP contribution in [-0.2, 0) is 14.8 Å². The SMILES string of the molecule is COCC1C=CC=CC1(C)S(=O)(=O)n1cnc2cc(N)ccc21. The van der Waals surface area contributed by atoms with Crippen molar-refractivity contribution in [2.45, 2.75) is 11.7 Å². The maximum Gasteiger partial charge on any atom is 0.250 e. The highest BCUT2D eigenvalue weighted by Crippen LogP contribution is 2.35. The van der Waals surface area contributed by atoms with Gasteiger partial charge in [-0.05, 0) is 25.1 Å². The van der Waals surface area contributed by atoms with Crippen LogP contribution in [0.5, 0.6) is 0 Å². The van der Waals surface area contributed by atoms with Gasteiger partial charge >= 0.3 is 0 Å². The van der Waals surface area contributed by atoms with Crippen molar-refractivity contribution in [1.82, 2.24) is 8.96 Å². The van der Waals surface area contributed by atoms with E-state index in [4.69, 9.17) is 10.5 Å². The van der Waals surface area contributed by atoms with Crippen LogP contribution in [0.25, 0.3) is 11.0 Å². The molecule has 1 aromatic carbocycles. The lowest BCUT2D eigenvalue weighted by Crippen LogP contribution is -2.46. The predicted octanol–water partition coefficient (Wildman–Crippen LogP) is 1.94. The molecule has 0 fully saturated rings. The Morgan fingerprint density at radius 3 is 2.91 bits per heavy atom. The average molecular weight is 333 g/mol. The van der Waals surface area contributed by atoms with Crippen LogP contribution in [-0.4, -0.2) is 35.8 Å². The molecular weight excluding hydrogens is 314 g/mol. The Hall–Kier alpha value is -2.12. The van der Waals surface area contributed by atoms with E-state index in [1.165, 1.54) is 10.3 Å². The number of anilines is 1. The largest absolute Gasteiger partial charge is 0.399 e.